The lowest BCUT2D eigenvalue weighted by atomic mass is 10.1. The highest BCUT2D eigenvalue weighted by atomic mass is 19.1. The molecule has 0 saturated carbocycles. The summed E-state index contributed by atoms with van der Waals surface area (Å²) in [5, 5.41) is 2.64. The van der Waals surface area contributed by atoms with Crippen LogP contribution in [-0.2, 0) is 11.3 Å². The van der Waals surface area contributed by atoms with Gasteiger partial charge in [0.2, 0.25) is 0 Å². The van der Waals surface area contributed by atoms with Gasteiger partial charge in [-0.05, 0) is 49.7 Å². The Hall–Kier alpha value is -3.20. The Kier molecular flexibility index (Phi) is 6.86. The molecule has 0 atom stereocenters. The molecular formula is C20H22FN3O2. The van der Waals surface area contributed by atoms with Gasteiger partial charge in [-0.25, -0.2) is 9.18 Å². The van der Waals surface area contributed by atoms with Gasteiger partial charge in [0.25, 0.3) is 0 Å². The first kappa shape index (κ1) is 19.1. The molecule has 0 spiro atoms. The number of nitrogens with one attached hydrogen (secondary N) is 1. The SMILES string of the molecule is CC#CCN(Cc1ccc(F)cc1)c1ccc(N)c(NC(=O)OCC)c1. The number of hydrogen-bond donors (Lipinski definition) is 2. The Bertz CT molecular complexity index is 810. The van der Waals surface area contributed by atoms with E-state index in [1.165, 1.54) is 12.1 Å². The van der Waals surface area contributed by atoms with Gasteiger partial charge in [0.1, 0.15) is 5.82 Å². The first-order valence-electron chi connectivity index (χ1n) is 8.25. The summed E-state index contributed by atoms with van der Waals surface area (Å²) in [6.07, 6.45) is -0.560. The minimum atomic E-state index is -0.560. The fraction of sp³-hybridized carbons (Fsp3) is 0.250. The van der Waals surface area contributed by atoms with Crippen molar-refractivity contribution >= 4 is 23.2 Å². The van der Waals surface area contributed by atoms with Crippen LogP contribution in [0.15, 0.2) is 42.5 Å². The molecule has 3 N–H and O–H groups in total. The van der Waals surface area contributed by atoms with Crippen LogP contribution in [0.4, 0.5) is 26.2 Å². The lowest BCUT2D eigenvalue weighted by molar-refractivity contribution is 0.168. The highest BCUT2D eigenvalue weighted by molar-refractivity contribution is 5.90. The van der Waals surface area contributed by atoms with Crippen molar-refractivity contribution in [2.24, 2.45) is 0 Å². The monoisotopic (exact) mass is 355 g/mol. The van der Waals surface area contributed by atoms with Crippen molar-refractivity contribution < 1.29 is 13.9 Å². The molecule has 0 aliphatic heterocycles. The largest absolute Gasteiger partial charge is 0.450 e. The van der Waals surface area contributed by atoms with E-state index in [0.717, 1.165) is 11.3 Å². The van der Waals surface area contributed by atoms with Crippen LogP contribution < -0.4 is 16.0 Å². The molecule has 0 unspecified atom stereocenters. The van der Waals surface area contributed by atoms with Crippen molar-refractivity contribution in [2.45, 2.75) is 20.4 Å². The van der Waals surface area contributed by atoms with Gasteiger partial charge in [-0.3, -0.25) is 5.32 Å². The molecule has 136 valence electrons. The van der Waals surface area contributed by atoms with Crippen LogP contribution in [0.5, 0.6) is 0 Å². The van der Waals surface area contributed by atoms with Crippen LogP contribution in [0.3, 0.4) is 0 Å². The molecular weight excluding hydrogens is 333 g/mol. The van der Waals surface area contributed by atoms with Crippen LogP contribution >= 0.6 is 0 Å². The second-order valence-electron chi connectivity index (χ2n) is 5.53. The van der Waals surface area contributed by atoms with Gasteiger partial charge in [-0.2, -0.15) is 0 Å². The zero-order valence-electron chi connectivity index (χ0n) is 14.9. The summed E-state index contributed by atoms with van der Waals surface area (Å²) in [5.74, 6) is 5.63. The fourth-order valence-corrected chi connectivity index (χ4v) is 2.35. The van der Waals surface area contributed by atoms with E-state index in [2.05, 4.69) is 17.2 Å². The van der Waals surface area contributed by atoms with Gasteiger partial charge < -0.3 is 15.4 Å². The zero-order valence-corrected chi connectivity index (χ0v) is 14.9. The second-order valence-corrected chi connectivity index (χ2v) is 5.53. The van der Waals surface area contributed by atoms with Crippen molar-refractivity contribution in [1.29, 1.82) is 0 Å². The van der Waals surface area contributed by atoms with Crippen LogP contribution in [0, 0.1) is 17.7 Å². The molecule has 5 nitrogen and oxygen atoms in total. The Morgan fingerprint density at radius 3 is 2.65 bits per heavy atom. The number of anilines is 3. The summed E-state index contributed by atoms with van der Waals surface area (Å²) in [7, 11) is 0. The quantitative estimate of drug-likeness (QED) is 0.607. The summed E-state index contributed by atoms with van der Waals surface area (Å²) in [4.78, 5) is 13.7. The molecule has 0 aliphatic rings. The smallest absolute Gasteiger partial charge is 0.411 e. The van der Waals surface area contributed by atoms with E-state index in [0.29, 0.717) is 24.5 Å². The van der Waals surface area contributed by atoms with Gasteiger partial charge in [0, 0.05) is 12.2 Å². The molecule has 0 fully saturated rings. The number of hydrogen-bond acceptors (Lipinski definition) is 4. The molecule has 0 radical (unpaired) electrons. The number of nitrogen functional groups attached to an aromatic ring is 1. The summed E-state index contributed by atoms with van der Waals surface area (Å²) in [5.41, 5.74) is 8.62. The first-order chi connectivity index (χ1) is 12.5. The molecule has 6 heteroatoms. The maximum absolute atomic E-state index is 13.1. The standard InChI is InChI=1S/C20H22FN3O2/c1-3-5-12-24(14-15-6-8-16(21)9-7-15)17-10-11-18(22)19(13-17)23-20(25)26-4-2/h6-11,13H,4,12,14,22H2,1-2H3,(H,23,25). The Balaban J connectivity index is 2.26. The van der Waals surface area contributed by atoms with Crippen molar-refractivity contribution in [1.82, 2.24) is 0 Å². The van der Waals surface area contributed by atoms with Gasteiger partial charge in [-0.15, -0.1) is 5.92 Å². The maximum Gasteiger partial charge on any atom is 0.411 e. The molecule has 1 amide bonds. The average Bonchev–Trinajstić information content (AvgIpc) is 2.62. The van der Waals surface area contributed by atoms with E-state index >= 15 is 0 Å². The third-order valence-electron chi connectivity index (χ3n) is 3.65. The third-order valence-corrected chi connectivity index (χ3v) is 3.65. The van der Waals surface area contributed by atoms with Crippen LogP contribution in [0.25, 0.3) is 0 Å². The van der Waals surface area contributed by atoms with Crippen molar-refractivity contribution in [3.63, 3.8) is 0 Å². The van der Waals surface area contributed by atoms with Crippen molar-refractivity contribution in [2.75, 3.05) is 29.1 Å². The number of carbonyl (C=O) groups excluding carboxylic acids is 1. The molecule has 0 saturated heterocycles. The predicted octanol–water partition coefficient (Wildman–Crippen LogP) is 4.01. The normalized spacial score (nSPS) is 9.81. The second kappa shape index (κ2) is 9.33. The Morgan fingerprint density at radius 2 is 2.00 bits per heavy atom. The first-order valence-corrected chi connectivity index (χ1v) is 8.25. The molecule has 0 aliphatic carbocycles. The summed E-state index contributed by atoms with van der Waals surface area (Å²) in [6, 6.07) is 11.7. The van der Waals surface area contributed by atoms with Gasteiger partial charge in [-0.1, -0.05) is 18.1 Å². The minimum Gasteiger partial charge on any atom is -0.450 e. The average molecular weight is 355 g/mol. The van der Waals surface area contributed by atoms with E-state index < -0.39 is 6.09 Å². The predicted molar refractivity (Wildman–Crippen MR) is 102 cm³/mol. The lowest BCUT2D eigenvalue weighted by Crippen LogP contribution is -2.23. The number of amides is 1. The topological polar surface area (TPSA) is 67.6 Å². The minimum absolute atomic E-state index is 0.272. The number of nitrogens with zero attached hydrogens (tertiary/aromatic N) is 1. The number of carbonyl (C=O) groups is 1. The highest BCUT2D eigenvalue weighted by Crippen LogP contribution is 2.27. The number of ether oxygens (including phenoxy) is 1. The fourth-order valence-electron chi connectivity index (χ4n) is 2.35. The van der Waals surface area contributed by atoms with Crippen LogP contribution in [0.2, 0.25) is 0 Å². The van der Waals surface area contributed by atoms with Crippen molar-refractivity contribution in [3.8, 4) is 11.8 Å². The molecule has 0 aromatic heterocycles. The van der Waals surface area contributed by atoms with Gasteiger partial charge in [0.05, 0.1) is 24.5 Å². The Labute approximate surface area is 152 Å². The molecule has 0 heterocycles. The highest BCUT2D eigenvalue weighted by Gasteiger charge is 2.11. The molecule has 2 aromatic carbocycles. The molecule has 2 aromatic rings. The van der Waals surface area contributed by atoms with E-state index in [1.807, 2.05) is 11.0 Å². The van der Waals surface area contributed by atoms with E-state index in [1.54, 1.807) is 38.1 Å². The summed E-state index contributed by atoms with van der Waals surface area (Å²) in [6.45, 7) is 4.79. The van der Waals surface area contributed by atoms with E-state index in [9.17, 15) is 9.18 Å². The van der Waals surface area contributed by atoms with Crippen LogP contribution in [-0.4, -0.2) is 19.2 Å². The maximum atomic E-state index is 13.1. The number of nitrogens with two attached hydrogens (primary N) is 1. The Morgan fingerprint density at radius 1 is 1.27 bits per heavy atom. The van der Waals surface area contributed by atoms with Crippen LogP contribution in [0.1, 0.15) is 19.4 Å². The molecule has 2 rings (SSSR count). The molecule has 26 heavy (non-hydrogen) atoms. The number of rotatable bonds is 6. The summed E-state index contributed by atoms with van der Waals surface area (Å²) >= 11 is 0. The zero-order chi connectivity index (χ0) is 18.9. The number of benzene rings is 2. The molecule has 0 bridgehead atoms. The summed E-state index contributed by atoms with van der Waals surface area (Å²) < 4.78 is 18.0. The lowest BCUT2D eigenvalue weighted by Gasteiger charge is -2.24. The van der Waals surface area contributed by atoms with E-state index in [-0.39, 0.29) is 12.4 Å². The van der Waals surface area contributed by atoms with Gasteiger partial charge >= 0.3 is 6.09 Å². The van der Waals surface area contributed by atoms with E-state index in [4.69, 9.17) is 10.5 Å². The van der Waals surface area contributed by atoms with Gasteiger partial charge in [0.15, 0.2) is 0 Å². The third kappa shape index (κ3) is 5.42. The number of halogens is 1. The van der Waals surface area contributed by atoms with Crippen molar-refractivity contribution in [3.05, 3.63) is 53.8 Å².